The topological polar surface area (TPSA) is 132 Å². The molecule has 4 fully saturated rings. The lowest BCUT2D eigenvalue weighted by molar-refractivity contribution is -0.133. The molecule has 1 aromatic carbocycles. The van der Waals surface area contributed by atoms with Gasteiger partial charge in [-0.1, -0.05) is 6.07 Å². The molecule has 0 spiro atoms. The average molecular weight is 589 g/mol. The number of rotatable bonds is 12. The molecule has 3 saturated carbocycles. The van der Waals surface area contributed by atoms with Gasteiger partial charge in [0.2, 0.25) is 5.91 Å². The van der Waals surface area contributed by atoms with Crippen LogP contribution in [0.15, 0.2) is 41.7 Å². The van der Waals surface area contributed by atoms with Crippen LogP contribution in [-0.2, 0) is 16.0 Å². The SMILES string of the molecule is CC(C)n1nccc1C(O)NC(C(=O)Nc1ccc2c(c1)CC[C@H]2NC(=O)C(C1CC1)N1CC(O)C1)=C(C1CC1)C1CC1. The first-order chi connectivity index (χ1) is 20.8. The van der Waals surface area contributed by atoms with Crippen LogP contribution in [0.2, 0.25) is 0 Å². The van der Waals surface area contributed by atoms with Gasteiger partial charge in [-0.3, -0.25) is 19.2 Å². The van der Waals surface area contributed by atoms with E-state index >= 15 is 0 Å². The maximum atomic E-state index is 13.9. The number of nitrogens with zero attached hydrogens (tertiary/aromatic N) is 3. The number of aromatic nitrogens is 2. The highest BCUT2D eigenvalue weighted by Crippen LogP contribution is 2.50. The summed E-state index contributed by atoms with van der Waals surface area (Å²) >= 11 is 0. The van der Waals surface area contributed by atoms with Gasteiger partial charge in [-0.05, 0) is 118 Å². The van der Waals surface area contributed by atoms with Crippen LogP contribution in [0.1, 0.15) is 93.9 Å². The van der Waals surface area contributed by atoms with E-state index in [4.69, 9.17) is 0 Å². The number of amides is 2. The van der Waals surface area contributed by atoms with E-state index in [0.29, 0.717) is 47.9 Å². The molecule has 230 valence electrons. The first kappa shape index (κ1) is 28.6. The van der Waals surface area contributed by atoms with E-state index in [0.717, 1.165) is 68.1 Å². The van der Waals surface area contributed by atoms with Gasteiger partial charge >= 0.3 is 0 Å². The predicted octanol–water partition coefficient (Wildman–Crippen LogP) is 3.32. The van der Waals surface area contributed by atoms with Crippen LogP contribution >= 0.6 is 0 Å². The standard InChI is InChI=1S/C33H44N6O4/c1-18(2)39-27(13-14-34-39)31(41)37-29(28(19-3-4-19)20-5-6-20)32(42)35-23-10-11-25-22(15-23)9-12-26(25)36-33(43)30(21-7-8-21)38-16-24(40)17-38/h10-11,13-15,18-21,24,26,30-31,37,40-41H,3-9,12,16-17H2,1-2H3,(H,35,42)(H,36,43)/t26-,30?,31?/m1/s1. The van der Waals surface area contributed by atoms with Gasteiger partial charge in [0.05, 0.1) is 23.9 Å². The van der Waals surface area contributed by atoms with Crippen LogP contribution in [-0.4, -0.2) is 61.9 Å². The number of hydrogen-bond donors (Lipinski definition) is 5. The number of aliphatic hydroxyl groups excluding tert-OH is 2. The van der Waals surface area contributed by atoms with Crippen LogP contribution in [0.3, 0.4) is 0 Å². The van der Waals surface area contributed by atoms with Gasteiger partial charge in [-0.2, -0.15) is 5.10 Å². The summed E-state index contributed by atoms with van der Waals surface area (Å²) < 4.78 is 1.77. The number of aliphatic hydroxyl groups is 2. The molecule has 1 aliphatic heterocycles. The summed E-state index contributed by atoms with van der Waals surface area (Å²) in [6, 6.07) is 7.64. The van der Waals surface area contributed by atoms with Crippen molar-refractivity contribution in [3.63, 3.8) is 0 Å². The van der Waals surface area contributed by atoms with Crippen molar-refractivity contribution in [3.05, 3.63) is 58.6 Å². The summed E-state index contributed by atoms with van der Waals surface area (Å²) in [5, 5.41) is 35.0. The van der Waals surface area contributed by atoms with Gasteiger partial charge in [0.1, 0.15) is 5.70 Å². The molecule has 2 amide bonds. The second-order valence-corrected chi connectivity index (χ2v) is 13.6. The van der Waals surface area contributed by atoms with Gasteiger partial charge < -0.3 is 26.2 Å². The highest BCUT2D eigenvalue weighted by atomic mass is 16.3. The first-order valence-electron chi connectivity index (χ1n) is 16.2. The number of fused-ring (bicyclic) bond motifs is 1. The van der Waals surface area contributed by atoms with Gasteiger partial charge in [0, 0.05) is 31.0 Å². The monoisotopic (exact) mass is 588 g/mol. The molecule has 10 heteroatoms. The Kier molecular flexibility index (Phi) is 7.55. The largest absolute Gasteiger partial charge is 0.390 e. The first-order valence-corrected chi connectivity index (χ1v) is 16.2. The van der Waals surface area contributed by atoms with Gasteiger partial charge in [0.15, 0.2) is 6.23 Å². The number of β-amino-alcohol motifs (C(OH)–C–C–N with tert-alkyl or cyclic N) is 1. The summed E-state index contributed by atoms with van der Waals surface area (Å²) in [7, 11) is 0. The highest BCUT2D eigenvalue weighted by Gasteiger charge is 2.45. The van der Waals surface area contributed by atoms with Crippen molar-refractivity contribution in [2.75, 3.05) is 18.4 Å². The van der Waals surface area contributed by atoms with Crippen LogP contribution in [0.25, 0.3) is 0 Å². The second kappa shape index (κ2) is 11.4. The lowest BCUT2D eigenvalue weighted by Gasteiger charge is -2.41. The Bertz CT molecular complexity index is 1400. The fraction of sp³-hybridized carbons (Fsp3) is 0.606. The van der Waals surface area contributed by atoms with Crippen molar-refractivity contribution in [2.45, 2.75) is 95.7 Å². The average Bonchev–Trinajstić information content (AvgIpc) is 3.87. The van der Waals surface area contributed by atoms with Crippen molar-refractivity contribution in [2.24, 2.45) is 17.8 Å². The lowest BCUT2D eigenvalue weighted by atomic mass is 10.0. The number of allylic oxidation sites excluding steroid dienone is 1. The van der Waals surface area contributed by atoms with Gasteiger partial charge in [0.25, 0.3) is 5.91 Å². The molecule has 43 heavy (non-hydrogen) atoms. The zero-order chi connectivity index (χ0) is 29.8. The maximum absolute atomic E-state index is 13.9. The van der Waals surface area contributed by atoms with Crippen molar-refractivity contribution < 1.29 is 19.8 Å². The number of carbonyl (C=O) groups excluding carboxylic acids is 2. The minimum absolute atomic E-state index is 0.0471. The summed E-state index contributed by atoms with van der Waals surface area (Å²) in [6.45, 7) is 5.18. The van der Waals surface area contributed by atoms with Crippen LogP contribution in [0.5, 0.6) is 0 Å². The molecule has 1 aromatic heterocycles. The smallest absolute Gasteiger partial charge is 0.271 e. The maximum Gasteiger partial charge on any atom is 0.271 e. The van der Waals surface area contributed by atoms with E-state index in [1.54, 1.807) is 16.9 Å². The summed E-state index contributed by atoms with van der Waals surface area (Å²) in [5.74, 6) is 1.02. The number of nitrogens with one attached hydrogen (secondary N) is 3. The van der Waals surface area contributed by atoms with E-state index in [1.807, 2.05) is 32.0 Å². The van der Waals surface area contributed by atoms with Crippen molar-refractivity contribution >= 4 is 17.5 Å². The Morgan fingerprint density at radius 3 is 2.35 bits per heavy atom. The molecule has 4 aliphatic carbocycles. The second-order valence-electron chi connectivity index (χ2n) is 13.6. The molecule has 2 heterocycles. The van der Waals surface area contributed by atoms with E-state index < -0.39 is 6.23 Å². The summed E-state index contributed by atoms with van der Waals surface area (Å²) in [5.41, 5.74) is 5.22. The van der Waals surface area contributed by atoms with Crippen molar-refractivity contribution in [1.29, 1.82) is 0 Å². The quantitative estimate of drug-likeness (QED) is 0.190. The van der Waals surface area contributed by atoms with Crippen LogP contribution in [0, 0.1) is 17.8 Å². The van der Waals surface area contributed by atoms with Crippen LogP contribution < -0.4 is 16.0 Å². The van der Waals surface area contributed by atoms with Gasteiger partial charge in [-0.25, -0.2) is 0 Å². The Balaban J connectivity index is 1.06. The number of hydrogen-bond acceptors (Lipinski definition) is 7. The molecule has 5 N–H and O–H groups in total. The van der Waals surface area contributed by atoms with Crippen molar-refractivity contribution in [1.82, 2.24) is 25.3 Å². The number of aryl methyl sites for hydroxylation is 1. The van der Waals surface area contributed by atoms with E-state index in [1.165, 1.54) is 0 Å². The third-order valence-corrected chi connectivity index (χ3v) is 9.72. The van der Waals surface area contributed by atoms with Crippen LogP contribution in [0.4, 0.5) is 5.69 Å². The molecule has 2 unspecified atom stereocenters. The Hall–Kier alpha value is -3.21. The zero-order valence-corrected chi connectivity index (χ0v) is 25.1. The Labute approximate surface area is 252 Å². The number of likely N-dealkylation sites (tertiary alicyclic amines) is 1. The predicted molar refractivity (Wildman–Crippen MR) is 162 cm³/mol. The lowest BCUT2D eigenvalue weighted by Crippen LogP contribution is -2.60. The molecule has 0 radical (unpaired) electrons. The molecule has 5 aliphatic rings. The number of carbonyl (C=O) groups is 2. The van der Waals surface area contributed by atoms with E-state index in [9.17, 15) is 19.8 Å². The van der Waals surface area contributed by atoms with Crippen molar-refractivity contribution in [3.8, 4) is 0 Å². The Morgan fingerprint density at radius 1 is 1.00 bits per heavy atom. The third kappa shape index (κ3) is 5.97. The van der Waals surface area contributed by atoms with E-state index in [2.05, 4.69) is 25.9 Å². The molecule has 0 bridgehead atoms. The minimum Gasteiger partial charge on any atom is -0.390 e. The summed E-state index contributed by atoms with van der Waals surface area (Å²) in [6.07, 6.45) is 8.42. The molecular formula is C33H44N6O4. The normalized spacial score (nSPS) is 23.3. The fourth-order valence-corrected chi connectivity index (χ4v) is 7.09. The fourth-order valence-electron chi connectivity index (χ4n) is 7.09. The third-order valence-electron chi connectivity index (χ3n) is 9.72. The molecule has 2 aromatic rings. The molecular weight excluding hydrogens is 544 g/mol. The molecule has 10 nitrogen and oxygen atoms in total. The molecule has 7 rings (SSSR count). The number of anilines is 1. The Morgan fingerprint density at radius 2 is 1.72 bits per heavy atom. The highest BCUT2D eigenvalue weighted by molar-refractivity contribution is 6.04. The van der Waals surface area contributed by atoms with E-state index in [-0.39, 0.29) is 36.0 Å². The minimum atomic E-state index is -1.05. The zero-order valence-electron chi connectivity index (χ0n) is 25.1. The molecule has 3 atom stereocenters. The summed E-state index contributed by atoms with van der Waals surface area (Å²) in [4.78, 5) is 29.3. The molecule has 1 saturated heterocycles. The number of benzene rings is 1. The van der Waals surface area contributed by atoms with Gasteiger partial charge in [-0.15, -0.1) is 0 Å².